The molecule has 2 N–H and O–H groups in total. The molecule has 8 nitrogen and oxygen atoms in total. The number of nitrogens with one attached hydrogen (secondary N) is 1. The number of rotatable bonds is 10. The molecule has 1 aliphatic rings. The zero-order valence-corrected chi connectivity index (χ0v) is 18.9. The Morgan fingerprint density at radius 3 is 2.22 bits per heavy atom. The molecule has 1 atom stereocenters. The minimum Gasteiger partial charge on any atom is -0.497 e. The molecule has 172 valence electrons. The van der Waals surface area contributed by atoms with Crippen LogP contribution < -0.4 is 19.5 Å². The Morgan fingerprint density at radius 2 is 1.69 bits per heavy atom. The largest absolute Gasteiger partial charge is 0.497 e. The van der Waals surface area contributed by atoms with Crippen LogP contribution in [-0.4, -0.2) is 60.5 Å². The van der Waals surface area contributed by atoms with Crippen molar-refractivity contribution in [1.82, 2.24) is 10.2 Å². The first-order chi connectivity index (χ1) is 15.1. The number of methoxy groups -OCH3 is 1. The van der Waals surface area contributed by atoms with E-state index < -0.39 is 17.1 Å². The van der Waals surface area contributed by atoms with Gasteiger partial charge in [-0.25, -0.2) is 9.59 Å². The van der Waals surface area contributed by atoms with Gasteiger partial charge in [0, 0.05) is 20.0 Å². The summed E-state index contributed by atoms with van der Waals surface area (Å²) in [4.78, 5) is 25.2. The van der Waals surface area contributed by atoms with Gasteiger partial charge in [0.1, 0.15) is 17.2 Å². The summed E-state index contributed by atoms with van der Waals surface area (Å²) in [5.41, 5.74) is -0.611. The van der Waals surface area contributed by atoms with E-state index in [9.17, 15) is 14.7 Å². The lowest BCUT2D eigenvalue weighted by Crippen LogP contribution is -2.47. The van der Waals surface area contributed by atoms with Crippen LogP contribution in [-0.2, 0) is 11.2 Å². The van der Waals surface area contributed by atoms with E-state index in [1.165, 1.54) is 13.8 Å². The molecule has 1 aliphatic heterocycles. The minimum absolute atomic E-state index is 0.0962. The van der Waals surface area contributed by atoms with Gasteiger partial charge in [-0.2, -0.15) is 0 Å². The number of hydrogen-bond donors (Lipinski definition) is 2. The summed E-state index contributed by atoms with van der Waals surface area (Å²) in [7, 11) is 3.44. The van der Waals surface area contributed by atoms with Gasteiger partial charge in [-0.3, -0.25) is 0 Å². The Labute approximate surface area is 188 Å². The van der Waals surface area contributed by atoms with Crippen molar-refractivity contribution in [2.24, 2.45) is 0 Å². The Balaban J connectivity index is 1.63. The van der Waals surface area contributed by atoms with Crippen molar-refractivity contribution in [3.8, 4) is 17.2 Å². The lowest BCUT2D eigenvalue weighted by molar-refractivity contribution is -0.152. The second kappa shape index (κ2) is 9.38. The van der Waals surface area contributed by atoms with Crippen LogP contribution in [0.1, 0.15) is 25.8 Å². The summed E-state index contributed by atoms with van der Waals surface area (Å²) in [5.74, 6) is 0.846. The fraction of sp³-hybridized carbons (Fsp3) is 0.417. The fourth-order valence-electron chi connectivity index (χ4n) is 3.64. The summed E-state index contributed by atoms with van der Waals surface area (Å²) in [5, 5.41) is 12.1. The van der Waals surface area contributed by atoms with Gasteiger partial charge in [-0.05, 0) is 62.2 Å². The molecule has 8 heteroatoms. The number of carboxylic acids is 1. The number of benzene rings is 2. The number of hydrogen-bond acceptors (Lipinski definition) is 5. The topological polar surface area (TPSA) is 97.3 Å². The van der Waals surface area contributed by atoms with E-state index in [0.29, 0.717) is 37.5 Å². The lowest BCUT2D eigenvalue weighted by Gasteiger charge is -2.35. The summed E-state index contributed by atoms with van der Waals surface area (Å²) < 4.78 is 16.7. The number of carbonyl (C=O) groups is 2. The molecule has 32 heavy (non-hydrogen) atoms. The van der Waals surface area contributed by atoms with Gasteiger partial charge in [-0.15, -0.1) is 0 Å². The normalized spacial score (nSPS) is 18.2. The van der Waals surface area contributed by atoms with Crippen LogP contribution in [0.2, 0.25) is 0 Å². The van der Waals surface area contributed by atoms with Gasteiger partial charge in [0.15, 0.2) is 5.60 Å². The van der Waals surface area contributed by atoms with Crippen LogP contribution in [0.25, 0.3) is 0 Å². The van der Waals surface area contributed by atoms with Gasteiger partial charge < -0.3 is 29.5 Å². The number of carboxylic acid groups (broad SMARTS) is 1. The van der Waals surface area contributed by atoms with Gasteiger partial charge in [0.2, 0.25) is 0 Å². The van der Waals surface area contributed by atoms with E-state index in [-0.39, 0.29) is 6.03 Å². The molecular weight excluding hydrogens is 412 g/mol. The highest BCUT2D eigenvalue weighted by molar-refractivity contribution is 5.77. The Morgan fingerprint density at radius 1 is 1.09 bits per heavy atom. The number of carbonyl (C=O) groups excluding carboxylic acids is 1. The maximum absolute atomic E-state index is 12.2. The number of amides is 2. The Bertz CT molecular complexity index is 942. The average Bonchev–Trinajstić information content (AvgIpc) is 3.04. The predicted molar refractivity (Wildman–Crippen MR) is 119 cm³/mol. The molecule has 0 bridgehead atoms. The summed E-state index contributed by atoms with van der Waals surface area (Å²) in [6.45, 7) is 3.94. The zero-order chi connectivity index (χ0) is 23.4. The van der Waals surface area contributed by atoms with Gasteiger partial charge in [0.25, 0.3) is 0 Å². The highest BCUT2D eigenvalue weighted by Gasteiger charge is 2.43. The summed E-state index contributed by atoms with van der Waals surface area (Å²) >= 11 is 0. The minimum atomic E-state index is -1.32. The molecule has 0 aliphatic carbocycles. The first kappa shape index (κ1) is 23.2. The van der Waals surface area contributed by atoms with Gasteiger partial charge >= 0.3 is 12.0 Å². The van der Waals surface area contributed by atoms with E-state index in [4.69, 9.17) is 14.2 Å². The number of aliphatic carboxylic acids is 1. The van der Waals surface area contributed by atoms with Crippen molar-refractivity contribution in [3.63, 3.8) is 0 Å². The van der Waals surface area contributed by atoms with Crippen molar-refractivity contribution < 1.29 is 28.9 Å². The molecule has 2 amide bonds. The van der Waals surface area contributed by atoms with Crippen LogP contribution in [0.3, 0.4) is 0 Å². The molecule has 1 fully saturated rings. The second-order valence-corrected chi connectivity index (χ2v) is 8.45. The molecule has 1 heterocycles. The third-order valence-corrected chi connectivity index (χ3v) is 5.82. The maximum Gasteiger partial charge on any atom is 0.347 e. The molecule has 2 aromatic rings. The number of likely N-dealkylation sites (N-methyl/N-ethyl adjacent to an activating group) is 1. The standard InChI is InChI=1S/C24H30N2O6/c1-23(2,21(27)28)32-20-11-9-19(10-12-20)31-14-13-24(16-25-22(29)26(24)3)15-17-5-7-18(30-4)8-6-17/h5-12H,13-16H2,1-4H3,(H,25,29)(H,27,28). The van der Waals surface area contributed by atoms with E-state index >= 15 is 0 Å². The second-order valence-electron chi connectivity index (χ2n) is 8.45. The third-order valence-electron chi connectivity index (χ3n) is 5.82. The van der Waals surface area contributed by atoms with Crippen LogP contribution >= 0.6 is 0 Å². The molecule has 1 saturated heterocycles. The van der Waals surface area contributed by atoms with Crippen molar-refractivity contribution in [2.75, 3.05) is 27.3 Å². The lowest BCUT2D eigenvalue weighted by atomic mass is 9.87. The fourth-order valence-corrected chi connectivity index (χ4v) is 3.64. The molecule has 1 unspecified atom stereocenters. The van der Waals surface area contributed by atoms with Gasteiger partial charge in [0.05, 0.1) is 19.3 Å². The predicted octanol–water partition coefficient (Wildman–Crippen LogP) is 3.34. The van der Waals surface area contributed by atoms with Crippen LogP contribution in [0.5, 0.6) is 17.2 Å². The first-order valence-electron chi connectivity index (χ1n) is 10.5. The number of ether oxygens (including phenoxy) is 3. The quantitative estimate of drug-likeness (QED) is 0.586. The van der Waals surface area contributed by atoms with Crippen molar-refractivity contribution in [2.45, 2.75) is 37.8 Å². The molecule has 0 spiro atoms. The molecule has 0 radical (unpaired) electrons. The highest BCUT2D eigenvalue weighted by Crippen LogP contribution is 2.29. The van der Waals surface area contributed by atoms with Crippen molar-refractivity contribution >= 4 is 12.0 Å². The molecular formula is C24H30N2O6. The van der Waals surface area contributed by atoms with E-state index in [0.717, 1.165) is 11.3 Å². The average molecular weight is 443 g/mol. The SMILES string of the molecule is COc1ccc(CC2(CCOc3ccc(OC(C)(C)C(=O)O)cc3)CNC(=O)N2C)cc1. The third kappa shape index (κ3) is 5.25. The van der Waals surface area contributed by atoms with Crippen LogP contribution in [0, 0.1) is 0 Å². The number of nitrogens with zero attached hydrogens (tertiary/aromatic N) is 1. The molecule has 3 rings (SSSR count). The van der Waals surface area contributed by atoms with E-state index in [1.807, 2.05) is 31.3 Å². The van der Waals surface area contributed by atoms with Crippen molar-refractivity contribution in [1.29, 1.82) is 0 Å². The number of urea groups is 1. The highest BCUT2D eigenvalue weighted by atomic mass is 16.5. The Kier molecular flexibility index (Phi) is 6.81. The monoisotopic (exact) mass is 442 g/mol. The molecule has 2 aromatic carbocycles. The summed E-state index contributed by atoms with van der Waals surface area (Å²) in [6, 6.07) is 14.6. The molecule has 0 aromatic heterocycles. The maximum atomic E-state index is 12.2. The van der Waals surface area contributed by atoms with Crippen LogP contribution in [0.4, 0.5) is 4.79 Å². The Hall–Kier alpha value is -3.42. The summed E-state index contributed by atoms with van der Waals surface area (Å²) in [6.07, 6.45) is 1.32. The smallest absolute Gasteiger partial charge is 0.347 e. The van der Waals surface area contributed by atoms with Crippen molar-refractivity contribution in [3.05, 3.63) is 54.1 Å². The van der Waals surface area contributed by atoms with E-state index in [1.54, 1.807) is 36.3 Å². The van der Waals surface area contributed by atoms with E-state index in [2.05, 4.69) is 5.32 Å². The zero-order valence-electron chi connectivity index (χ0n) is 18.9. The van der Waals surface area contributed by atoms with Gasteiger partial charge in [-0.1, -0.05) is 12.1 Å². The first-order valence-corrected chi connectivity index (χ1v) is 10.5. The molecule has 0 saturated carbocycles. The van der Waals surface area contributed by atoms with Crippen LogP contribution in [0.15, 0.2) is 48.5 Å².